The number of hydrogen-bond donors (Lipinski definition) is 1. The quantitative estimate of drug-likeness (QED) is 0.671. The lowest BCUT2D eigenvalue weighted by molar-refractivity contribution is 0.432. The van der Waals surface area contributed by atoms with E-state index in [1.807, 2.05) is 0 Å². The lowest BCUT2D eigenvalue weighted by Gasteiger charge is -2.04. The van der Waals surface area contributed by atoms with E-state index >= 15 is 0 Å². The molecule has 2 N–H and O–H groups in total. The molecule has 0 atom stereocenters. The van der Waals surface area contributed by atoms with Crippen LogP contribution in [0.3, 0.4) is 0 Å². The van der Waals surface area contributed by atoms with Crippen molar-refractivity contribution >= 4 is 40.5 Å². The number of aromatic nitrogens is 2. The molecule has 2 aromatic carbocycles. The molecular formula is C14H8Cl3N3O. The number of anilines is 1. The van der Waals surface area contributed by atoms with Gasteiger partial charge in [-0.2, -0.15) is 4.98 Å². The molecule has 0 unspecified atom stereocenters. The Balaban J connectivity index is 2.07. The van der Waals surface area contributed by atoms with E-state index in [-0.39, 0.29) is 5.89 Å². The first-order valence-electron chi connectivity index (χ1n) is 5.90. The summed E-state index contributed by atoms with van der Waals surface area (Å²) < 4.78 is 5.23. The largest absolute Gasteiger partial charge is 0.397 e. The summed E-state index contributed by atoms with van der Waals surface area (Å²) in [5, 5.41) is 5.31. The van der Waals surface area contributed by atoms with Crippen LogP contribution in [0.5, 0.6) is 0 Å². The van der Waals surface area contributed by atoms with Crippen molar-refractivity contribution in [2.75, 3.05) is 5.73 Å². The lowest BCUT2D eigenvalue weighted by atomic mass is 10.1. The maximum absolute atomic E-state index is 6.13. The summed E-state index contributed by atoms with van der Waals surface area (Å²) >= 11 is 18.0. The molecule has 7 heteroatoms. The first-order valence-corrected chi connectivity index (χ1v) is 7.03. The number of rotatable bonds is 2. The van der Waals surface area contributed by atoms with Crippen molar-refractivity contribution in [3.05, 3.63) is 51.5 Å². The van der Waals surface area contributed by atoms with E-state index in [9.17, 15) is 0 Å². The van der Waals surface area contributed by atoms with Crippen LogP contribution in [0.15, 0.2) is 40.9 Å². The van der Waals surface area contributed by atoms with Gasteiger partial charge in [0.25, 0.3) is 5.89 Å². The smallest absolute Gasteiger partial charge is 0.261 e. The molecule has 0 saturated heterocycles. The number of nitrogens with zero attached hydrogens (tertiary/aromatic N) is 2. The summed E-state index contributed by atoms with van der Waals surface area (Å²) in [5.74, 6) is 0.627. The summed E-state index contributed by atoms with van der Waals surface area (Å²) in [4.78, 5) is 4.30. The number of benzene rings is 2. The molecule has 1 heterocycles. The van der Waals surface area contributed by atoms with Gasteiger partial charge >= 0.3 is 0 Å². The Bertz CT molecular complexity index is 800. The Morgan fingerprint density at radius 2 is 1.57 bits per heavy atom. The Hall–Kier alpha value is -1.75. The second-order valence-corrected chi connectivity index (χ2v) is 5.50. The molecule has 1 aromatic heterocycles. The predicted octanol–water partition coefficient (Wildman–Crippen LogP) is 4.95. The molecule has 4 nitrogen and oxygen atoms in total. The highest BCUT2D eigenvalue weighted by Gasteiger charge is 2.18. The van der Waals surface area contributed by atoms with E-state index in [0.717, 1.165) is 5.56 Å². The third kappa shape index (κ3) is 2.70. The van der Waals surface area contributed by atoms with Gasteiger partial charge in [0.15, 0.2) is 0 Å². The van der Waals surface area contributed by atoms with Crippen LogP contribution in [0.4, 0.5) is 5.69 Å². The van der Waals surface area contributed by atoms with Gasteiger partial charge in [-0.05, 0) is 36.4 Å². The molecule has 0 bridgehead atoms. The standard InChI is InChI=1S/C14H8Cl3N3O/c15-8-3-1-7(2-4-8)13-19-14(21-20-13)11-9(16)5-6-10(17)12(11)18/h1-6H,18H2. The fourth-order valence-corrected chi connectivity index (χ4v) is 2.36. The Morgan fingerprint density at radius 1 is 0.905 bits per heavy atom. The molecule has 21 heavy (non-hydrogen) atoms. The van der Waals surface area contributed by atoms with Crippen molar-refractivity contribution in [3.63, 3.8) is 0 Å². The molecular weight excluding hydrogens is 333 g/mol. The van der Waals surface area contributed by atoms with Crippen molar-refractivity contribution in [1.29, 1.82) is 0 Å². The molecule has 0 aliphatic carbocycles. The molecule has 0 fully saturated rings. The van der Waals surface area contributed by atoms with Crippen LogP contribution in [-0.2, 0) is 0 Å². The predicted molar refractivity (Wildman–Crippen MR) is 84.6 cm³/mol. The van der Waals surface area contributed by atoms with Crippen LogP contribution in [-0.4, -0.2) is 10.1 Å². The number of nitrogens with two attached hydrogens (primary N) is 1. The summed E-state index contributed by atoms with van der Waals surface area (Å²) in [6.45, 7) is 0. The van der Waals surface area contributed by atoms with Crippen LogP contribution in [0, 0.1) is 0 Å². The van der Waals surface area contributed by atoms with Crippen LogP contribution in [0.1, 0.15) is 0 Å². The molecule has 0 spiro atoms. The van der Waals surface area contributed by atoms with Gasteiger partial charge in [-0.3, -0.25) is 0 Å². The fourth-order valence-electron chi connectivity index (χ4n) is 1.83. The number of nitrogen functional groups attached to an aromatic ring is 1. The zero-order chi connectivity index (χ0) is 15.0. The van der Waals surface area contributed by atoms with Crippen LogP contribution < -0.4 is 5.73 Å². The summed E-state index contributed by atoms with van der Waals surface area (Å²) in [5.41, 5.74) is 7.42. The maximum Gasteiger partial charge on any atom is 0.261 e. The Morgan fingerprint density at radius 3 is 2.29 bits per heavy atom. The Labute approximate surface area is 135 Å². The van der Waals surface area contributed by atoms with Gasteiger partial charge in [0, 0.05) is 10.6 Å². The zero-order valence-electron chi connectivity index (χ0n) is 10.5. The van der Waals surface area contributed by atoms with Gasteiger partial charge in [-0.15, -0.1) is 0 Å². The minimum absolute atomic E-state index is 0.213. The van der Waals surface area contributed by atoms with Crippen molar-refractivity contribution in [3.8, 4) is 22.8 Å². The summed E-state index contributed by atoms with van der Waals surface area (Å²) in [6.07, 6.45) is 0. The second kappa shape index (κ2) is 5.56. The first-order chi connectivity index (χ1) is 10.1. The van der Waals surface area contributed by atoms with Gasteiger partial charge in [-0.1, -0.05) is 40.0 Å². The third-order valence-electron chi connectivity index (χ3n) is 2.88. The van der Waals surface area contributed by atoms with Crippen LogP contribution in [0.25, 0.3) is 22.8 Å². The molecule has 0 aliphatic heterocycles. The van der Waals surface area contributed by atoms with Crippen LogP contribution in [0.2, 0.25) is 15.1 Å². The van der Waals surface area contributed by atoms with E-state index < -0.39 is 0 Å². The van der Waals surface area contributed by atoms with Gasteiger partial charge in [0.05, 0.1) is 21.3 Å². The van der Waals surface area contributed by atoms with Crippen molar-refractivity contribution in [2.45, 2.75) is 0 Å². The van der Waals surface area contributed by atoms with Gasteiger partial charge in [0.1, 0.15) is 0 Å². The highest BCUT2D eigenvalue weighted by molar-refractivity contribution is 6.37. The maximum atomic E-state index is 6.13. The molecule has 0 aliphatic rings. The summed E-state index contributed by atoms with van der Waals surface area (Å²) in [7, 11) is 0. The van der Waals surface area contributed by atoms with Crippen molar-refractivity contribution in [1.82, 2.24) is 10.1 Å². The zero-order valence-corrected chi connectivity index (χ0v) is 12.7. The monoisotopic (exact) mass is 339 g/mol. The molecule has 3 aromatic rings. The third-order valence-corrected chi connectivity index (χ3v) is 3.78. The average Bonchev–Trinajstić information content (AvgIpc) is 2.94. The fraction of sp³-hybridized carbons (Fsp3) is 0. The van der Waals surface area contributed by atoms with E-state index in [2.05, 4.69) is 10.1 Å². The normalized spacial score (nSPS) is 10.8. The minimum atomic E-state index is 0.213. The lowest BCUT2D eigenvalue weighted by Crippen LogP contribution is -1.92. The van der Waals surface area contributed by atoms with Crippen LogP contribution >= 0.6 is 34.8 Å². The van der Waals surface area contributed by atoms with E-state index in [1.54, 1.807) is 36.4 Å². The van der Waals surface area contributed by atoms with E-state index in [1.165, 1.54) is 0 Å². The van der Waals surface area contributed by atoms with Gasteiger partial charge in [0.2, 0.25) is 5.82 Å². The highest BCUT2D eigenvalue weighted by Crippen LogP contribution is 2.37. The molecule has 106 valence electrons. The first kappa shape index (κ1) is 14.2. The molecule has 0 amide bonds. The molecule has 0 radical (unpaired) electrons. The highest BCUT2D eigenvalue weighted by atomic mass is 35.5. The average molecular weight is 341 g/mol. The summed E-state index contributed by atoms with van der Waals surface area (Å²) in [6, 6.07) is 10.3. The minimum Gasteiger partial charge on any atom is -0.397 e. The Kier molecular flexibility index (Phi) is 3.76. The number of halogens is 3. The molecule has 3 rings (SSSR count). The van der Waals surface area contributed by atoms with Crippen molar-refractivity contribution < 1.29 is 4.52 Å². The second-order valence-electron chi connectivity index (χ2n) is 4.25. The molecule has 0 saturated carbocycles. The SMILES string of the molecule is Nc1c(Cl)ccc(Cl)c1-c1nc(-c2ccc(Cl)cc2)no1. The van der Waals surface area contributed by atoms with Crippen molar-refractivity contribution in [2.24, 2.45) is 0 Å². The van der Waals surface area contributed by atoms with Gasteiger partial charge in [-0.25, -0.2) is 0 Å². The topological polar surface area (TPSA) is 64.9 Å². The van der Waals surface area contributed by atoms with E-state index in [4.69, 9.17) is 45.1 Å². The van der Waals surface area contributed by atoms with Gasteiger partial charge < -0.3 is 10.3 Å². The number of hydrogen-bond acceptors (Lipinski definition) is 4. The van der Waals surface area contributed by atoms with E-state index in [0.29, 0.717) is 32.1 Å².